The van der Waals surface area contributed by atoms with Crippen molar-refractivity contribution in [3.63, 3.8) is 0 Å². The van der Waals surface area contributed by atoms with Crippen molar-refractivity contribution in [3.05, 3.63) is 28.3 Å². The van der Waals surface area contributed by atoms with Crippen molar-refractivity contribution in [1.82, 2.24) is 9.97 Å². The van der Waals surface area contributed by atoms with Crippen LogP contribution in [0.3, 0.4) is 0 Å². The Kier molecular flexibility index (Phi) is 4.23. The van der Waals surface area contributed by atoms with E-state index in [4.69, 9.17) is 10.5 Å². The van der Waals surface area contributed by atoms with Crippen molar-refractivity contribution < 1.29 is 9.84 Å². The van der Waals surface area contributed by atoms with Gasteiger partial charge in [-0.2, -0.15) is 0 Å². The highest BCUT2D eigenvalue weighted by atomic mass is 16.5. The number of hydrogen-bond acceptors (Lipinski definition) is 6. The van der Waals surface area contributed by atoms with Crippen LogP contribution < -0.4 is 16.2 Å². The molecule has 3 rings (SSSR count). The zero-order valence-electron chi connectivity index (χ0n) is 14.3. The largest absolute Gasteiger partial charge is 0.393 e. The number of aromatic amines is 1. The van der Waals surface area contributed by atoms with Crippen LogP contribution in [0.4, 0.5) is 11.4 Å². The molecule has 1 atom stereocenters. The summed E-state index contributed by atoms with van der Waals surface area (Å²) in [7, 11) is 1.73. The predicted octanol–water partition coefficient (Wildman–Crippen LogP) is 1.56. The van der Waals surface area contributed by atoms with E-state index in [1.165, 1.54) is 0 Å². The number of aliphatic hydroxyl groups is 1. The van der Waals surface area contributed by atoms with Crippen molar-refractivity contribution in [2.24, 2.45) is 0 Å². The molecule has 0 radical (unpaired) electrons. The number of ether oxygens (including phenoxy) is 1. The summed E-state index contributed by atoms with van der Waals surface area (Å²) in [6, 6.07) is 1.80. The summed E-state index contributed by atoms with van der Waals surface area (Å²) >= 11 is 0. The summed E-state index contributed by atoms with van der Waals surface area (Å²) < 4.78 is 5.59. The van der Waals surface area contributed by atoms with Gasteiger partial charge < -0.3 is 25.5 Å². The summed E-state index contributed by atoms with van der Waals surface area (Å²) in [5.41, 5.74) is 7.73. The topological polar surface area (TPSA) is 104 Å². The van der Waals surface area contributed by atoms with E-state index >= 15 is 0 Å². The molecular formula is C17H24N4O3. The summed E-state index contributed by atoms with van der Waals surface area (Å²) in [4.78, 5) is 21.3. The maximum Gasteiger partial charge on any atom is 0.273 e. The van der Waals surface area contributed by atoms with E-state index < -0.39 is 6.10 Å². The summed E-state index contributed by atoms with van der Waals surface area (Å²) in [6.07, 6.45) is 2.59. The van der Waals surface area contributed by atoms with Crippen LogP contribution in [0.25, 0.3) is 10.9 Å². The van der Waals surface area contributed by atoms with E-state index in [1.807, 2.05) is 0 Å². The lowest BCUT2D eigenvalue weighted by Gasteiger charge is -2.40. The van der Waals surface area contributed by atoms with Gasteiger partial charge in [0.05, 0.1) is 34.8 Å². The molecule has 7 heteroatoms. The van der Waals surface area contributed by atoms with Crippen molar-refractivity contribution in [3.8, 4) is 0 Å². The second-order valence-corrected chi connectivity index (χ2v) is 6.69. The van der Waals surface area contributed by atoms with Crippen LogP contribution in [0.15, 0.2) is 17.1 Å². The van der Waals surface area contributed by atoms with Crippen molar-refractivity contribution in [1.29, 1.82) is 0 Å². The number of piperidine rings is 1. The van der Waals surface area contributed by atoms with Crippen molar-refractivity contribution >= 4 is 22.3 Å². The number of nitrogens with one attached hydrogen (secondary N) is 1. The molecule has 3 heterocycles. The second-order valence-electron chi connectivity index (χ2n) is 6.69. The second kappa shape index (κ2) is 6.07. The molecule has 1 fully saturated rings. The van der Waals surface area contributed by atoms with Crippen LogP contribution in [0.5, 0.6) is 0 Å². The number of anilines is 2. The Morgan fingerprint density at radius 2 is 2.12 bits per heavy atom. The lowest BCUT2D eigenvalue weighted by molar-refractivity contribution is -0.0132. The Morgan fingerprint density at radius 1 is 1.46 bits per heavy atom. The summed E-state index contributed by atoms with van der Waals surface area (Å²) in [6.45, 7) is 5.26. The van der Waals surface area contributed by atoms with E-state index in [-0.39, 0.29) is 16.8 Å². The lowest BCUT2D eigenvalue weighted by Crippen LogP contribution is -2.44. The summed E-state index contributed by atoms with van der Waals surface area (Å²) in [5.74, 6) is 0. The molecule has 0 aromatic carbocycles. The zero-order valence-corrected chi connectivity index (χ0v) is 14.3. The molecule has 1 aliphatic rings. The molecule has 7 nitrogen and oxygen atoms in total. The van der Waals surface area contributed by atoms with Gasteiger partial charge in [0, 0.05) is 25.6 Å². The molecule has 1 saturated heterocycles. The molecule has 130 valence electrons. The number of H-pyrrole nitrogens is 1. The van der Waals surface area contributed by atoms with Gasteiger partial charge in [0.2, 0.25) is 0 Å². The first-order valence-electron chi connectivity index (χ1n) is 8.14. The summed E-state index contributed by atoms with van der Waals surface area (Å²) in [5, 5.41) is 10.6. The van der Waals surface area contributed by atoms with Gasteiger partial charge in [-0.25, -0.2) is 0 Å². The number of fused-ring (bicyclic) bond motifs is 1. The van der Waals surface area contributed by atoms with Crippen LogP contribution >= 0.6 is 0 Å². The number of pyridine rings is 2. The molecule has 0 saturated carbocycles. The average molecular weight is 332 g/mol. The SMILES string of the molecule is COC1(C)CCN(c2c(N)c(=O)[nH]c3cnc([C@@H](C)O)cc23)CC1. The minimum absolute atomic E-state index is 0.144. The first kappa shape index (κ1) is 16.7. The fourth-order valence-corrected chi connectivity index (χ4v) is 3.19. The Hall–Kier alpha value is -2.12. The van der Waals surface area contributed by atoms with Crippen LogP contribution in [0.1, 0.15) is 38.5 Å². The van der Waals surface area contributed by atoms with Gasteiger partial charge in [-0.3, -0.25) is 9.78 Å². The molecule has 24 heavy (non-hydrogen) atoms. The molecule has 4 N–H and O–H groups in total. The van der Waals surface area contributed by atoms with Gasteiger partial charge in [-0.1, -0.05) is 0 Å². The highest BCUT2D eigenvalue weighted by molar-refractivity contribution is 5.97. The molecule has 0 bridgehead atoms. The van der Waals surface area contributed by atoms with Gasteiger partial charge in [0.25, 0.3) is 5.56 Å². The zero-order chi connectivity index (χ0) is 17.5. The average Bonchev–Trinajstić information content (AvgIpc) is 2.57. The Morgan fingerprint density at radius 3 is 2.71 bits per heavy atom. The van der Waals surface area contributed by atoms with Crippen LogP contribution in [-0.4, -0.2) is 40.9 Å². The first-order valence-corrected chi connectivity index (χ1v) is 8.14. The molecule has 0 spiro atoms. The number of methoxy groups -OCH3 is 1. The normalized spacial score (nSPS) is 18.8. The van der Waals surface area contributed by atoms with Crippen LogP contribution in [0.2, 0.25) is 0 Å². The Balaban J connectivity index is 2.10. The van der Waals surface area contributed by atoms with E-state index in [1.54, 1.807) is 26.3 Å². The number of nitrogens with two attached hydrogens (primary N) is 1. The fraction of sp³-hybridized carbons (Fsp3) is 0.529. The number of aromatic nitrogens is 2. The number of aliphatic hydroxyl groups excluding tert-OH is 1. The van der Waals surface area contributed by atoms with Crippen LogP contribution in [-0.2, 0) is 4.74 Å². The van der Waals surface area contributed by atoms with Gasteiger partial charge >= 0.3 is 0 Å². The smallest absolute Gasteiger partial charge is 0.273 e. The number of rotatable bonds is 3. The molecule has 1 aliphatic heterocycles. The standard InChI is InChI=1S/C17H24N4O3/c1-10(22)12-8-11-13(9-19-12)20-16(23)14(18)15(11)21-6-4-17(2,24-3)5-7-21/h8-10,22H,4-7,18H2,1-3H3,(H,20,23)/t10-/m1/s1. The quantitative estimate of drug-likeness (QED) is 0.788. The van der Waals surface area contributed by atoms with Gasteiger partial charge in [-0.15, -0.1) is 0 Å². The minimum atomic E-state index is -0.687. The van der Waals surface area contributed by atoms with E-state index in [2.05, 4.69) is 21.8 Å². The molecule has 0 amide bonds. The van der Waals surface area contributed by atoms with E-state index in [9.17, 15) is 9.90 Å². The van der Waals surface area contributed by atoms with Gasteiger partial charge in [0.15, 0.2) is 0 Å². The van der Waals surface area contributed by atoms with Crippen molar-refractivity contribution in [2.45, 2.75) is 38.4 Å². The Bertz CT molecular complexity index is 807. The van der Waals surface area contributed by atoms with E-state index in [0.29, 0.717) is 11.2 Å². The Labute approximate surface area is 140 Å². The molecule has 0 aliphatic carbocycles. The van der Waals surface area contributed by atoms with Crippen LogP contribution in [0, 0.1) is 0 Å². The number of nitrogen functional groups attached to an aromatic ring is 1. The third kappa shape index (κ3) is 2.85. The molecular weight excluding hydrogens is 308 g/mol. The lowest BCUT2D eigenvalue weighted by atomic mass is 9.92. The van der Waals surface area contributed by atoms with E-state index in [0.717, 1.165) is 37.0 Å². The highest BCUT2D eigenvalue weighted by Gasteiger charge is 2.31. The number of hydrogen-bond donors (Lipinski definition) is 3. The maximum absolute atomic E-state index is 12.2. The third-order valence-corrected chi connectivity index (χ3v) is 4.99. The molecule has 2 aromatic heterocycles. The minimum Gasteiger partial charge on any atom is -0.393 e. The van der Waals surface area contributed by atoms with Gasteiger partial charge in [-0.05, 0) is 32.8 Å². The monoisotopic (exact) mass is 332 g/mol. The third-order valence-electron chi connectivity index (χ3n) is 4.99. The van der Waals surface area contributed by atoms with Gasteiger partial charge in [0.1, 0.15) is 5.69 Å². The number of nitrogens with zero attached hydrogens (tertiary/aromatic N) is 2. The maximum atomic E-state index is 12.2. The fourth-order valence-electron chi connectivity index (χ4n) is 3.19. The van der Waals surface area contributed by atoms with Crippen molar-refractivity contribution in [2.75, 3.05) is 30.8 Å². The predicted molar refractivity (Wildman–Crippen MR) is 94.3 cm³/mol. The molecule has 0 unspecified atom stereocenters. The first-order chi connectivity index (χ1) is 11.3. The highest BCUT2D eigenvalue weighted by Crippen LogP contribution is 2.35. The molecule has 2 aromatic rings.